The largest absolute Gasteiger partial charge is 0.378 e. The Bertz CT molecular complexity index is 422. The highest BCUT2D eigenvalue weighted by molar-refractivity contribution is 9.10. The molecule has 0 bridgehead atoms. The number of benzene rings is 1. The summed E-state index contributed by atoms with van der Waals surface area (Å²) < 4.78 is 0.727. The van der Waals surface area contributed by atoms with Gasteiger partial charge in [0.2, 0.25) is 0 Å². The molecule has 0 amide bonds. The van der Waals surface area contributed by atoms with Gasteiger partial charge in [0.15, 0.2) is 0 Å². The quantitative estimate of drug-likeness (QED) is 0.680. The van der Waals surface area contributed by atoms with E-state index >= 15 is 0 Å². The Hall–Kier alpha value is -0.750. The number of hydrogen-bond donors (Lipinski definition) is 1. The summed E-state index contributed by atoms with van der Waals surface area (Å²) >= 11 is 5.18. The second-order valence-corrected chi connectivity index (χ2v) is 6.26. The van der Waals surface area contributed by atoms with E-state index < -0.39 is 0 Å². The molecule has 0 spiro atoms. The fraction of sp³-hybridized carbons (Fsp3) is 0.455. The second-order valence-electron chi connectivity index (χ2n) is 3.93. The molecule has 1 unspecified atom stereocenters. The molecule has 17 heavy (non-hydrogen) atoms. The predicted molar refractivity (Wildman–Crippen MR) is 74.8 cm³/mol. The zero-order chi connectivity index (χ0) is 12.3. The van der Waals surface area contributed by atoms with Gasteiger partial charge in [0.25, 0.3) is 5.69 Å². The Labute approximate surface area is 112 Å². The third kappa shape index (κ3) is 3.35. The van der Waals surface area contributed by atoms with Crippen LogP contribution in [0.5, 0.6) is 0 Å². The van der Waals surface area contributed by atoms with Gasteiger partial charge < -0.3 is 5.32 Å². The summed E-state index contributed by atoms with van der Waals surface area (Å²) in [6.07, 6.45) is 2.45. The van der Waals surface area contributed by atoms with Gasteiger partial charge in [-0.05, 0) is 30.7 Å². The van der Waals surface area contributed by atoms with Crippen molar-refractivity contribution in [3.8, 4) is 0 Å². The lowest BCUT2D eigenvalue weighted by molar-refractivity contribution is -0.384. The summed E-state index contributed by atoms with van der Waals surface area (Å²) in [7, 11) is 0. The smallest absolute Gasteiger partial charge is 0.293 e. The normalized spacial score (nSPS) is 19.2. The highest BCUT2D eigenvalue weighted by Gasteiger charge is 2.18. The molecule has 1 aliphatic heterocycles. The summed E-state index contributed by atoms with van der Waals surface area (Å²) in [4.78, 5) is 10.6. The van der Waals surface area contributed by atoms with Gasteiger partial charge >= 0.3 is 0 Å². The lowest BCUT2D eigenvalue weighted by atomic mass is 10.2. The summed E-state index contributed by atoms with van der Waals surface area (Å²) in [6.45, 7) is 0.799. The zero-order valence-corrected chi connectivity index (χ0v) is 11.6. The van der Waals surface area contributed by atoms with Crippen LogP contribution in [0.3, 0.4) is 0 Å². The number of hydrogen-bond acceptors (Lipinski definition) is 4. The maximum atomic E-state index is 10.9. The van der Waals surface area contributed by atoms with E-state index in [1.54, 1.807) is 6.07 Å². The van der Waals surface area contributed by atoms with Crippen LogP contribution in [0.4, 0.5) is 11.4 Å². The van der Waals surface area contributed by atoms with E-state index in [4.69, 9.17) is 0 Å². The minimum Gasteiger partial charge on any atom is -0.378 e. The first-order valence-corrected chi connectivity index (χ1v) is 7.30. The number of anilines is 1. The fourth-order valence-electron chi connectivity index (χ4n) is 1.83. The topological polar surface area (TPSA) is 55.2 Å². The first kappa shape index (κ1) is 12.7. The number of nitrogens with one attached hydrogen (secondary N) is 1. The molecule has 92 valence electrons. The van der Waals surface area contributed by atoms with Gasteiger partial charge in [0.1, 0.15) is 5.69 Å². The van der Waals surface area contributed by atoms with Crippen LogP contribution in [0.25, 0.3) is 0 Å². The second kappa shape index (κ2) is 5.73. The molecule has 1 N–H and O–H groups in total. The first-order valence-electron chi connectivity index (χ1n) is 5.46. The minimum atomic E-state index is -0.352. The van der Waals surface area contributed by atoms with E-state index in [2.05, 4.69) is 21.2 Å². The van der Waals surface area contributed by atoms with Gasteiger partial charge in [-0.2, -0.15) is 11.8 Å². The number of rotatable bonds is 4. The van der Waals surface area contributed by atoms with Gasteiger partial charge in [-0.3, -0.25) is 10.1 Å². The van der Waals surface area contributed by atoms with E-state index in [0.29, 0.717) is 10.9 Å². The van der Waals surface area contributed by atoms with Crippen LogP contribution < -0.4 is 5.32 Å². The fourth-order valence-corrected chi connectivity index (χ4v) is 3.38. The maximum Gasteiger partial charge on any atom is 0.293 e. The van der Waals surface area contributed by atoms with Crippen molar-refractivity contribution >= 4 is 39.1 Å². The summed E-state index contributed by atoms with van der Waals surface area (Å²) in [5.41, 5.74) is 0.730. The van der Waals surface area contributed by atoms with Crippen molar-refractivity contribution in [1.82, 2.24) is 0 Å². The summed E-state index contributed by atoms with van der Waals surface area (Å²) in [5, 5.41) is 14.7. The molecule has 0 aliphatic carbocycles. The third-order valence-electron chi connectivity index (χ3n) is 2.70. The minimum absolute atomic E-state index is 0.127. The average Bonchev–Trinajstić information content (AvgIpc) is 2.80. The Kier molecular flexibility index (Phi) is 4.28. The SMILES string of the molecule is O=[N+]([O-])c1cc(Br)ccc1NCC1CCCS1. The Morgan fingerprint density at radius 1 is 1.59 bits per heavy atom. The number of thioether (sulfide) groups is 1. The van der Waals surface area contributed by atoms with Crippen LogP contribution in [0.15, 0.2) is 22.7 Å². The molecule has 4 nitrogen and oxygen atoms in total. The van der Waals surface area contributed by atoms with Crippen molar-refractivity contribution < 1.29 is 4.92 Å². The van der Waals surface area contributed by atoms with Crippen molar-refractivity contribution in [3.63, 3.8) is 0 Å². The van der Waals surface area contributed by atoms with Crippen molar-refractivity contribution in [3.05, 3.63) is 32.8 Å². The molecule has 0 saturated carbocycles. The van der Waals surface area contributed by atoms with Gasteiger partial charge in [0.05, 0.1) is 4.92 Å². The van der Waals surface area contributed by atoms with Crippen molar-refractivity contribution in [1.29, 1.82) is 0 Å². The van der Waals surface area contributed by atoms with E-state index in [-0.39, 0.29) is 10.6 Å². The van der Waals surface area contributed by atoms with Crippen molar-refractivity contribution in [2.24, 2.45) is 0 Å². The molecule has 2 rings (SSSR count). The van der Waals surface area contributed by atoms with E-state index in [1.807, 2.05) is 17.8 Å². The summed E-state index contributed by atoms with van der Waals surface area (Å²) in [5.74, 6) is 1.20. The van der Waals surface area contributed by atoms with E-state index in [0.717, 1.165) is 11.0 Å². The standard InChI is InChI=1S/C11H13BrN2O2S/c12-8-3-4-10(11(6-8)14(15)16)13-7-9-2-1-5-17-9/h3-4,6,9,13H,1-2,5,7H2. The van der Waals surface area contributed by atoms with Crippen molar-refractivity contribution in [2.45, 2.75) is 18.1 Å². The molecule has 0 aromatic heterocycles. The molecule has 6 heteroatoms. The first-order chi connectivity index (χ1) is 8.16. The van der Waals surface area contributed by atoms with Crippen LogP contribution in [0, 0.1) is 10.1 Å². The molecule has 1 aromatic rings. The number of nitro groups is 1. The summed E-state index contributed by atoms with van der Waals surface area (Å²) in [6, 6.07) is 5.10. The Morgan fingerprint density at radius 2 is 2.41 bits per heavy atom. The van der Waals surface area contributed by atoms with Crippen LogP contribution in [-0.4, -0.2) is 22.5 Å². The highest BCUT2D eigenvalue weighted by atomic mass is 79.9. The molecule has 1 aromatic carbocycles. The predicted octanol–water partition coefficient (Wildman–Crippen LogP) is 3.66. The molecule has 1 heterocycles. The zero-order valence-electron chi connectivity index (χ0n) is 9.19. The van der Waals surface area contributed by atoms with Crippen LogP contribution in [0.2, 0.25) is 0 Å². The van der Waals surface area contributed by atoms with E-state index in [1.165, 1.54) is 24.7 Å². The maximum absolute atomic E-state index is 10.9. The third-order valence-corrected chi connectivity index (χ3v) is 4.59. The molecule has 0 radical (unpaired) electrons. The van der Waals surface area contributed by atoms with Gasteiger partial charge in [0, 0.05) is 22.3 Å². The van der Waals surface area contributed by atoms with Crippen LogP contribution >= 0.6 is 27.7 Å². The Morgan fingerprint density at radius 3 is 3.06 bits per heavy atom. The number of nitro benzene ring substituents is 1. The molecule has 1 fully saturated rings. The molecular weight excluding hydrogens is 304 g/mol. The molecule has 1 saturated heterocycles. The molecule has 1 atom stereocenters. The van der Waals surface area contributed by atoms with Crippen LogP contribution in [-0.2, 0) is 0 Å². The lowest BCUT2D eigenvalue weighted by Crippen LogP contribution is -2.14. The Balaban J connectivity index is 2.06. The van der Waals surface area contributed by atoms with Gasteiger partial charge in [-0.1, -0.05) is 15.9 Å². The number of halogens is 1. The lowest BCUT2D eigenvalue weighted by Gasteiger charge is -2.11. The monoisotopic (exact) mass is 316 g/mol. The highest BCUT2D eigenvalue weighted by Crippen LogP contribution is 2.30. The number of nitrogens with zero attached hydrogens (tertiary/aromatic N) is 1. The van der Waals surface area contributed by atoms with Gasteiger partial charge in [-0.15, -0.1) is 0 Å². The van der Waals surface area contributed by atoms with Gasteiger partial charge in [-0.25, -0.2) is 0 Å². The van der Waals surface area contributed by atoms with Crippen LogP contribution in [0.1, 0.15) is 12.8 Å². The molecule has 1 aliphatic rings. The van der Waals surface area contributed by atoms with Crippen molar-refractivity contribution in [2.75, 3.05) is 17.6 Å². The van der Waals surface area contributed by atoms with E-state index in [9.17, 15) is 10.1 Å². The molecular formula is C11H13BrN2O2S. The average molecular weight is 317 g/mol.